The summed E-state index contributed by atoms with van der Waals surface area (Å²) in [6.07, 6.45) is 4.49. The highest BCUT2D eigenvalue weighted by atomic mass is 32.2. The van der Waals surface area contributed by atoms with E-state index in [4.69, 9.17) is 17.3 Å². The fraction of sp³-hybridized carbons (Fsp3) is 0.0476. The van der Waals surface area contributed by atoms with E-state index >= 15 is 0 Å². The molecular weight excluding hydrogens is 413 g/mol. The van der Waals surface area contributed by atoms with Crippen LogP contribution in [-0.4, -0.2) is 38.5 Å². The van der Waals surface area contributed by atoms with Gasteiger partial charge in [0.15, 0.2) is 5.78 Å². The first-order valence-electron chi connectivity index (χ1n) is 8.39. The van der Waals surface area contributed by atoms with E-state index < -0.39 is 30.0 Å². The van der Waals surface area contributed by atoms with Gasteiger partial charge in [-0.25, -0.2) is 4.39 Å². The molecule has 5 nitrogen and oxygen atoms in total. The average molecular weight is 427 g/mol. The normalized spacial score (nSPS) is 15.5. The van der Waals surface area contributed by atoms with Crippen LogP contribution in [0, 0.1) is 5.82 Å². The highest BCUT2D eigenvalue weighted by molar-refractivity contribution is 8.26. The number of carboxylic acids is 1. The molecule has 0 radical (unpaired) electrons. The van der Waals surface area contributed by atoms with Crippen LogP contribution in [0.2, 0.25) is 0 Å². The largest absolute Gasteiger partial charge is 0.480 e. The summed E-state index contributed by atoms with van der Waals surface area (Å²) < 4.78 is 13.8. The van der Waals surface area contributed by atoms with Gasteiger partial charge in [0.25, 0.3) is 5.91 Å². The number of ketones is 1. The molecule has 1 aliphatic rings. The van der Waals surface area contributed by atoms with E-state index in [0.717, 1.165) is 27.8 Å². The van der Waals surface area contributed by atoms with Crippen molar-refractivity contribution < 1.29 is 23.9 Å². The molecule has 1 saturated heterocycles. The van der Waals surface area contributed by atoms with Crippen molar-refractivity contribution in [3.63, 3.8) is 0 Å². The molecule has 0 saturated carbocycles. The van der Waals surface area contributed by atoms with Crippen LogP contribution in [0.15, 0.2) is 59.5 Å². The van der Waals surface area contributed by atoms with Crippen LogP contribution in [0.4, 0.5) is 4.39 Å². The molecule has 0 aromatic heterocycles. The fourth-order valence-corrected chi connectivity index (χ4v) is 3.80. The number of rotatable bonds is 6. The molecule has 8 heteroatoms. The number of carbonyl (C=O) groups excluding carboxylic acids is 2. The van der Waals surface area contributed by atoms with Gasteiger partial charge in [0, 0.05) is 0 Å². The second kappa shape index (κ2) is 8.93. The van der Waals surface area contributed by atoms with Gasteiger partial charge in [0.2, 0.25) is 0 Å². The van der Waals surface area contributed by atoms with Crippen LogP contribution < -0.4 is 0 Å². The average Bonchev–Trinajstić information content (AvgIpc) is 2.94. The lowest BCUT2D eigenvalue weighted by Crippen LogP contribution is -2.33. The molecule has 0 aliphatic carbocycles. The second-order valence-corrected chi connectivity index (χ2v) is 7.68. The minimum Gasteiger partial charge on any atom is -0.480 e. The number of benzene rings is 2. The molecule has 2 aromatic rings. The van der Waals surface area contributed by atoms with Gasteiger partial charge in [0.05, 0.1) is 10.5 Å². The Bertz CT molecular complexity index is 1060. The van der Waals surface area contributed by atoms with Gasteiger partial charge in [0.1, 0.15) is 16.7 Å². The Balaban J connectivity index is 1.71. The Morgan fingerprint density at radius 2 is 1.76 bits per heavy atom. The van der Waals surface area contributed by atoms with Crippen molar-refractivity contribution in [1.82, 2.24) is 4.90 Å². The van der Waals surface area contributed by atoms with E-state index in [1.165, 1.54) is 24.3 Å². The van der Waals surface area contributed by atoms with Crippen LogP contribution >= 0.6 is 24.0 Å². The fourth-order valence-electron chi connectivity index (χ4n) is 2.55. The highest BCUT2D eigenvalue weighted by Crippen LogP contribution is 2.32. The zero-order valence-corrected chi connectivity index (χ0v) is 16.5. The lowest BCUT2D eigenvalue weighted by molar-refractivity contribution is -0.140. The van der Waals surface area contributed by atoms with E-state index in [2.05, 4.69) is 0 Å². The van der Waals surface area contributed by atoms with Gasteiger partial charge >= 0.3 is 5.97 Å². The Labute approximate surface area is 175 Å². The zero-order chi connectivity index (χ0) is 21.0. The first-order valence-corrected chi connectivity index (χ1v) is 9.62. The summed E-state index contributed by atoms with van der Waals surface area (Å²) in [7, 11) is 0. The van der Waals surface area contributed by atoms with Crippen molar-refractivity contribution in [1.29, 1.82) is 0 Å². The molecule has 29 heavy (non-hydrogen) atoms. The number of hydrogen-bond donors (Lipinski definition) is 1. The second-order valence-electron chi connectivity index (χ2n) is 6.01. The number of halogens is 1. The smallest absolute Gasteiger partial charge is 0.323 e. The predicted molar refractivity (Wildman–Crippen MR) is 114 cm³/mol. The van der Waals surface area contributed by atoms with Gasteiger partial charge in [-0.05, 0) is 35.4 Å². The Morgan fingerprint density at radius 1 is 1.10 bits per heavy atom. The Kier molecular flexibility index (Phi) is 6.36. The first kappa shape index (κ1) is 20.6. The number of nitrogens with zero attached hydrogens (tertiary/aromatic N) is 1. The SMILES string of the molecule is O=C(O)CN1C(=O)/C(=C\c2ccc(/C=C/C(=O)c3ccccc3F)cc2)SC1=S. The summed E-state index contributed by atoms with van der Waals surface area (Å²) in [6.45, 7) is -0.470. The summed E-state index contributed by atoms with van der Waals surface area (Å²) in [5, 5.41) is 8.86. The van der Waals surface area contributed by atoms with E-state index in [9.17, 15) is 18.8 Å². The number of hydrogen-bond acceptors (Lipinski definition) is 5. The molecule has 2 aromatic carbocycles. The standard InChI is InChI=1S/C21H14FNO4S2/c22-16-4-2-1-3-15(16)17(24)10-9-13-5-7-14(8-6-13)11-18-20(27)23(12-19(25)26)21(28)29-18/h1-11H,12H2,(H,25,26)/b10-9+,18-11+. The monoisotopic (exact) mass is 427 g/mol. The molecule has 0 bridgehead atoms. The van der Waals surface area contributed by atoms with Crippen LogP contribution in [0.3, 0.4) is 0 Å². The van der Waals surface area contributed by atoms with Gasteiger partial charge < -0.3 is 5.11 Å². The molecule has 1 aliphatic heterocycles. The van der Waals surface area contributed by atoms with Crippen molar-refractivity contribution in [2.24, 2.45) is 0 Å². The minimum absolute atomic E-state index is 0.00348. The molecule has 146 valence electrons. The maximum Gasteiger partial charge on any atom is 0.323 e. The van der Waals surface area contributed by atoms with Crippen LogP contribution in [0.1, 0.15) is 21.5 Å². The minimum atomic E-state index is -1.14. The molecular formula is C21H14FNO4S2. The van der Waals surface area contributed by atoms with Crippen molar-refractivity contribution in [3.8, 4) is 0 Å². The van der Waals surface area contributed by atoms with Crippen LogP contribution in [0.25, 0.3) is 12.2 Å². The first-order chi connectivity index (χ1) is 13.8. The number of carboxylic acid groups (broad SMARTS) is 1. The summed E-state index contributed by atoms with van der Waals surface area (Å²) in [4.78, 5) is 36.6. The van der Waals surface area contributed by atoms with Gasteiger partial charge in [-0.1, -0.05) is 66.5 Å². The van der Waals surface area contributed by atoms with Crippen molar-refractivity contribution in [2.45, 2.75) is 0 Å². The van der Waals surface area contributed by atoms with Gasteiger partial charge in [-0.2, -0.15) is 0 Å². The topological polar surface area (TPSA) is 74.7 Å². The number of thioether (sulfide) groups is 1. The number of thiocarbonyl (C=S) groups is 1. The quantitative estimate of drug-likeness (QED) is 0.427. The third-order valence-electron chi connectivity index (χ3n) is 3.97. The van der Waals surface area contributed by atoms with E-state index in [0.29, 0.717) is 4.91 Å². The van der Waals surface area contributed by atoms with Crippen molar-refractivity contribution in [3.05, 3.63) is 82.0 Å². The zero-order valence-electron chi connectivity index (χ0n) is 14.9. The summed E-state index contributed by atoms with van der Waals surface area (Å²) in [5.74, 6) is -2.59. The third kappa shape index (κ3) is 5.04. The van der Waals surface area contributed by atoms with Gasteiger partial charge in [-0.15, -0.1) is 0 Å². The Hall–Kier alpha value is -3.10. The predicted octanol–water partition coefficient (Wildman–Crippen LogP) is 4.01. The van der Waals surface area contributed by atoms with Crippen molar-refractivity contribution in [2.75, 3.05) is 6.54 Å². The maximum absolute atomic E-state index is 13.6. The summed E-state index contributed by atoms with van der Waals surface area (Å²) in [6, 6.07) is 12.8. The summed E-state index contributed by atoms with van der Waals surface area (Å²) in [5.41, 5.74) is 1.45. The number of aliphatic carboxylic acids is 1. The molecule has 0 atom stereocenters. The molecule has 0 spiro atoms. The number of amides is 1. The molecule has 0 unspecified atom stereocenters. The lowest BCUT2D eigenvalue weighted by atomic mass is 10.1. The number of allylic oxidation sites excluding steroid dienone is 1. The molecule has 1 N–H and O–H groups in total. The lowest BCUT2D eigenvalue weighted by Gasteiger charge is -2.10. The van der Waals surface area contributed by atoms with E-state index in [-0.39, 0.29) is 9.88 Å². The molecule has 3 rings (SSSR count). The van der Waals surface area contributed by atoms with Crippen molar-refractivity contribution >= 4 is 58.1 Å². The Morgan fingerprint density at radius 3 is 2.41 bits per heavy atom. The molecule has 1 amide bonds. The maximum atomic E-state index is 13.6. The van der Waals surface area contributed by atoms with Gasteiger partial charge in [-0.3, -0.25) is 19.3 Å². The summed E-state index contributed by atoms with van der Waals surface area (Å²) >= 11 is 6.10. The van der Waals surface area contributed by atoms with Crippen LogP contribution in [0.5, 0.6) is 0 Å². The third-order valence-corrected chi connectivity index (χ3v) is 5.35. The molecule has 1 fully saturated rings. The van der Waals surface area contributed by atoms with E-state index in [1.807, 2.05) is 0 Å². The number of carbonyl (C=O) groups is 3. The van der Waals surface area contributed by atoms with E-state index in [1.54, 1.807) is 42.5 Å². The molecule has 1 heterocycles. The highest BCUT2D eigenvalue weighted by Gasteiger charge is 2.33. The van der Waals surface area contributed by atoms with Crippen LogP contribution in [-0.2, 0) is 9.59 Å².